The zero-order valence-corrected chi connectivity index (χ0v) is 12.4. The van der Waals surface area contributed by atoms with Gasteiger partial charge in [-0.1, -0.05) is 13.3 Å². The first-order valence-electron chi connectivity index (χ1n) is 8.28. The van der Waals surface area contributed by atoms with Crippen LogP contribution < -0.4 is 5.73 Å². The molecule has 3 heteroatoms. The summed E-state index contributed by atoms with van der Waals surface area (Å²) in [5.41, 5.74) is 5.76. The van der Waals surface area contributed by atoms with Gasteiger partial charge in [0.05, 0.1) is 5.60 Å². The van der Waals surface area contributed by atoms with Gasteiger partial charge in [0.25, 0.3) is 0 Å². The molecule has 2 aliphatic carbocycles. The Labute approximate surface area is 117 Å². The third kappa shape index (κ3) is 2.05. The number of rotatable bonds is 3. The molecule has 19 heavy (non-hydrogen) atoms. The summed E-state index contributed by atoms with van der Waals surface area (Å²) in [5, 5.41) is 11.4. The fourth-order valence-corrected chi connectivity index (χ4v) is 5.44. The van der Waals surface area contributed by atoms with E-state index in [1.165, 1.54) is 25.7 Å². The zero-order valence-electron chi connectivity index (χ0n) is 12.4. The van der Waals surface area contributed by atoms with Gasteiger partial charge >= 0.3 is 0 Å². The van der Waals surface area contributed by atoms with E-state index in [1.807, 2.05) is 0 Å². The zero-order chi connectivity index (χ0) is 13.5. The molecule has 4 atom stereocenters. The molecule has 3 rings (SSSR count). The van der Waals surface area contributed by atoms with E-state index in [0.717, 1.165) is 44.8 Å². The summed E-state index contributed by atoms with van der Waals surface area (Å²) in [5.74, 6) is 1.55. The first-order valence-corrected chi connectivity index (χ1v) is 8.28. The molecular formula is C16H30N2O. The van der Waals surface area contributed by atoms with Crippen LogP contribution in [0.15, 0.2) is 0 Å². The van der Waals surface area contributed by atoms with Gasteiger partial charge in [-0.15, -0.1) is 0 Å². The molecule has 1 heterocycles. The highest BCUT2D eigenvalue weighted by Gasteiger charge is 2.60. The van der Waals surface area contributed by atoms with Gasteiger partial charge in [-0.05, 0) is 63.5 Å². The standard InChI is InChI=1S/C16H30N2O/c1-2-18-8-3-6-16(19,7-9-18)15(12-17)11-13-4-5-14(15)10-13/h13-14,19H,2-12,17H2,1H3. The van der Waals surface area contributed by atoms with Crippen LogP contribution in [0.25, 0.3) is 0 Å². The third-order valence-electron chi connectivity index (χ3n) is 6.62. The van der Waals surface area contributed by atoms with Crippen LogP contribution in [0.2, 0.25) is 0 Å². The molecule has 110 valence electrons. The summed E-state index contributed by atoms with van der Waals surface area (Å²) >= 11 is 0. The Morgan fingerprint density at radius 1 is 1.26 bits per heavy atom. The normalized spacial score (nSPS) is 47.5. The Hall–Kier alpha value is -0.120. The van der Waals surface area contributed by atoms with Crippen LogP contribution in [-0.2, 0) is 0 Å². The van der Waals surface area contributed by atoms with Crippen molar-refractivity contribution in [3.63, 3.8) is 0 Å². The third-order valence-corrected chi connectivity index (χ3v) is 6.62. The second-order valence-electron chi connectivity index (χ2n) is 7.26. The predicted molar refractivity (Wildman–Crippen MR) is 77.9 cm³/mol. The monoisotopic (exact) mass is 266 g/mol. The smallest absolute Gasteiger partial charge is 0.0731 e. The van der Waals surface area contributed by atoms with Crippen LogP contribution in [0.4, 0.5) is 0 Å². The fraction of sp³-hybridized carbons (Fsp3) is 1.00. The average Bonchev–Trinajstić information content (AvgIpc) is 2.97. The molecule has 0 aromatic carbocycles. The number of hydrogen-bond acceptors (Lipinski definition) is 3. The Kier molecular flexibility index (Phi) is 3.65. The summed E-state index contributed by atoms with van der Waals surface area (Å²) in [7, 11) is 0. The average molecular weight is 266 g/mol. The van der Waals surface area contributed by atoms with E-state index in [9.17, 15) is 5.11 Å². The van der Waals surface area contributed by atoms with E-state index in [0.29, 0.717) is 12.5 Å². The first-order chi connectivity index (χ1) is 9.13. The van der Waals surface area contributed by atoms with Gasteiger partial charge in [0.1, 0.15) is 0 Å². The number of nitrogens with two attached hydrogens (primary N) is 1. The minimum absolute atomic E-state index is 0.0413. The highest BCUT2D eigenvalue weighted by molar-refractivity contribution is 5.11. The van der Waals surface area contributed by atoms with Crippen LogP contribution in [0.3, 0.4) is 0 Å². The van der Waals surface area contributed by atoms with Crippen molar-refractivity contribution in [2.45, 2.75) is 57.5 Å². The number of aliphatic hydroxyl groups is 1. The topological polar surface area (TPSA) is 49.5 Å². The molecule has 0 spiro atoms. The van der Waals surface area contributed by atoms with Gasteiger partial charge in [0.15, 0.2) is 0 Å². The summed E-state index contributed by atoms with van der Waals surface area (Å²) < 4.78 is 0. The predicted octanol–water partition coefficient (Wildman–Crippen LogP) is 1.99. The van der Waals surface area contributed by atoms with E-state index in [4.69, 9.17) is 5.73 Å². The molecule has 2 saturated carbocycles. The van der Waals surface area contributed by atoms with Crippen molar-refractivity contribution in [2.75, 3.05) is 26.2 Å². The maximum Gasteiger partial charge on any atom is 0.0731 e. The minimum atomic E-state index is -0.495. The van der Waals surface area contributed by atoms with E-state index < -0.39 is 5.60 Å². The summed E-state index contributed by atoms with van der Waals surface area (Å²) in [6.45, 7) is 6.22. The lowest BCUT2D eigenvalue weighted by Crippen LogP contribution is -2.56. The number of nitrogens with zero attached hydrogens (tertiary/aromatic N) is 1. The van der Waals surface area contributed by atoms with Gasteiger partial charge in [0.2, 0.25) is 0 Å². The molecule has 0 radical (unpaired) electrons. The van der Waals surface area contributed by atoms with Crippen molar-refractivity contribution in [1.29, 1.82) is 0 Å². The molecule has 0 aromatic heterocycles. The van der Waals surface area contributed by atoms with Crippen LogP contribution in [-0.4, -0.2) is 41.8 Å². The SMILES string of the molecule is CCN1CCCC(O)(C2(CN)CC3CCC2C3)CC1. The molecule has 3 nitrogen and oxygen atoms in total. The second kappa shape index (κ2) is 5.01. The molecule has 3 N–H and O–H groups in total. The lowest BCUT2D eigenvalue weighted by molar-refractivity contribution is -0.118. The van der Waals surface area contributed by atoms with Gasteiger partial charge < -0.3 is 15.7 Å². The van der Waals surface area contributed by atoms with Crippen molar-refractivity contribution < 1.29 is 5.11 Å². The maximum absolute atomic E-state index is 11.4. The van der Waals surface area contributed by atoms with E-state index in [2.05, 4.69) is 11.8 Å². The number of hydrogen-bond donors (Lipinski definition) is 2. The minimum Gasteiger partial charge on any atom is -0.389 e. The van der Waals surface area contributed by atoms with Crippen LogP contribution >= 0.6 is 0 Å². The van der Waals surface area contributed by atoms with E-state index in [1.54, 1.807) is 0 Å². The lowest BCUT2D eigenvalue weighted by Gasteiger charge is -2.50. The summed E-state index contributed by atoms with van der Waals surface area (Å²) in [6, 6.07) is 0. The molecule has 0 aromatic rings. The molecule has 2 bridgehead atoms. The molecule has 1 aliphatic heterocycles. The lowest BCUT2D eigenvalue weighted by atomic mass is 9.60. The van der Waals surface area contributed by atoms with Crippen molar-refractivity contribution in [1.82, 2.24) is 4.90 Å². The molecular weight excluding hydrogens is 236 g/mol. The van der Waals surface area contributed by atoms with Gasteiger partial charge in [0, 0.05) is 18.5 Å². The quantitative estimate of drug-likeness (QED) is 0.821. The van der Waals surface area contributed by atoms with Crippen molar-refractivity contribution in [3.05, 3.63) is 0 Å². The molecule has 3 fully saturated rings. The van der Waals surface area contributed by atoms with Crippen molar-refractivity contribution >= 4 is 0 Å². The Morgan fingerprint density at radius 3 is 2.68 bits per heavy atom. The highest BCUT2D eigenvalue weighted by atomic mass is 16.3. The van der Waals surface area contributed by atoms with Crippen molar-refractivity contribution in [2.24, 2.45) is 23.0 Å². The highest BCUT2D eigenvalue weighted by Crippen LogP contribution is 2.61. The van der Waals surface area contributed by atoms with Crippen LogP contribution in [0, 0.1) is 17.3 Å². The summed E-state index contributed by atoms with van der Waals surface area (Å²) in [4.78, 5) is 2.48. The Morgan fingerprint density at radius 2 is 2.11 bits per heavy atom. The second-order valence-corrected chi connectivity index (χ2v) is 7.26. The van der Waals surface area contributed by atoms with Crippen LogP contribution in [0.5, 0.6) is 0 Å². The molecule has 0 amide bonds. The first kappa shape index (κ1) is 13.8. The fourth-order valence-electron chi connectivity index (χ4n) is 5.44. The van der Waals surface area contributed by atoms with Gasteiger partial charge in [-0.25, -0.2) is 0 Å². The maximum atomic E-state index is 11.4. The van der Waals surface area contributed by atoms with E-state index in [-0.39, 0.29) is 5.41 Å². The summed E-state index contributed by atoms with van der Waals surface area (Å²) in [6.07, 6.45) is 8.23. The number of likely N-dealkylation sites (tertiary alicyclic amines) is 1. The van der Waals surface area contributed by atoms with Gasteiger partial charge in [-0.3, -0.25) is 0 Å². The number of fused-ring (bicyclic) bond motifs is 2. The largest absolute Gasteiger partial charge is 0.389 e. The van der Waals surface area contributed by atoms with Gasteiger partial charge in [-0.2, -0.15) is 0 Å². The van der Waals surface area contributed by atoms with E-state index >= 15 is 0 Å². The molecule has 4 unspecified atom stereocenters. The Bertz CT molecular complexity index is 335. The molecule has 1 saturated heterocycles. The Balaban J connectivity index is 1.82. The van der Waals surface area contributed by atoms with Crippen molar-refractivity contribution in [3.8, 4) is 0 Å². The van der Waals surface area contributed by atoms with Crippen LogP contribution in [0.1, 0.15) is 51.9 Å². The molecule has 3 aliphatic rings.